The molecule has 3 aromatic rings. The van der Waals surface area contributed by atoms with Gasteiger partial charge in [-0.05, 0) is 86.5 Å². The molecule has 0 saturated heterocycles. The van der Waals surface area contributed by atoms with E-state index in [9.17, 15) is 9.59 Å². The summed E-state index contributed by atoms with van der Waals surface area (Å²) in [6.45, 7) is 1.28. The number of hydrogen-bond donors (Lipinski definition) is 2. The van der Waals surface area contributed by atoms with Crippen LogP contribution in [-0.2, 0) is 17.6 Å². The summed E-state index contributed by atoms with van der Waals surface area (Å²) in [6.07, 6.45) is 8.16. The summed E-state index contributed by atoms with van der Waals surface area (Å²) in [5.41, 5.74) is 4.63. The van der Waals surface area contributed by atoms with Crippen molar-refractivity contribution in [2.24, 2.45) is 0 Å². The zero-order chi connectivity index (χ0) is 24.6. The maximum Gasteiger partial charge on any atom is 0.270 e. The fourth-order valence-corrected chi connectivity index (χ4v) is 3.91. The number of rotatable bonds is 9. The minimum absolute atomic E-state index is 0.187. The number of aromatic nitrogens is 1. The second kappa shape index (κ2) is 11.4. The van der Waals surface area contributed by atoms with Crippen LogP contribution in [0, 0.1) is 0 Å². The van der Waals surface area contributed by atoms with Gasteiger partial charge in [0.2, 0.25) is 5.91 Å². The summed E-state index contributed by atoms with van der Waals surface area (Å²) in [4.78, 5) is 30.9. The molecule has 1 aliphatic carbocycles. The third-order valence-electron chi connectivity index (χ3n) is 5.70. The van der Waals surface area contributed by atoms with E-state index in [0.29, 0.717) is 23.7 Å². The number of benzene rings is 2. The van der Waals surface area contributed by atoms with Crippen molar-refractivity contribution >= 4 is 23.6 Å². The Balaban J connectivity index is 1.35. The summed E-state index contributed by atoms with van der Waals surface area (Å²) < 4.78 is 5.93. The SMILES string of the molecule is CN(C)CCNC(=O)c1cc(Oc2cccc(C=CC(=O)Nc3ccc4c(c3)CCC4)c2)ccn1. The molecule has 7 heteroatoms. The lowest BCUT2D eigenvalue weighted by molar-refractivity contribution is -0.111. The van der Waals surface area contributed by atoms with Crippen LogP contribution in [0.3, 0.4) is 0 Å². The van der Waals surface area contributed by atoms with Crippen molar-refractivity contribution in [3.63, 3.8) is 0 Å². The van der Waals surface area contributed by atoms with Crippen molar-refractivity contribution in [2.75, 3.05) is 32.5 Å². The van der Waals surface area contributed by atoms with Gasteiger partial charge in [-0.3, -0.25) is 14.6 Å². The van der Waals surface area contributed by atoms with E-state index in [2.05, 4.69) is 27.8 Å². The Kier molecular flexibility index (Phi) is 7.90. The van der Waals surface area contributed by atoms with E-state index in [-0.39, 0.29) is 11.8 Å². The van der Waals surface area contributed by atoms with Gasteiger partial charge in [0.1, 0.15) is 17.2 Å². The van der Waals surface area contributed by atoms with Crippen molar-refractivity contribution in [1.82, 2.24) is 15.2 Å². The molecule has 0 spiro atoms. The average molecular weight is 471 g/mol. The molecule has 1 aromatic heterocycles. The molecule has 35 heavy (non-hydrogen) atoms. The highest BCUT2D eigenvalue weighted by Crippen LogP contribution is 2.25. The van der Waals surface area contributed by atoms with Gasteiger partial charge in [0.05, 0.1) is 0 Å². The Morgan fingerprint density at radius 2 is 1.86 bits per heavy atom. The number of likely N-dealkylation sites (N-methyl/N-ethyl adjacent to an activating group) is 1. The van der Waals surface area contributed by atoms with Crippen LogP contribution in [0.15, 0.2) is 66.9 Å². The topological polar surface area (TPSA) is 83.6 Å². The van der Waals surface area contributed by atoms with Gasteiger partial charge in [-0.2, -0.15) is 0 Å². The molecular weight excluding hydrogens is 440 g/mol. The minimum atomic E-state index is -0.247. The fraction of sp³-hybridized carbons (Fsp3) is 0.250. The number of fused-ring (bicyclic) bond motifs is 1. The predicted octanol–water partition coefficient (Wildman–Crippen LogP) is 4.31. The third kappa shape index (κ3) is 7.01. The van der Waals surface area contributed by atoms with E-state index in [1.165, 1.54) is 23.6 Å². The molecule has 0 aliphatic heterocycles. The lowest BCUT2D eigenvalue weighted by Gasteiger charge is -2.11. The highest BCUT2D eigenvalue weighted by Gasteiger charge is 2.11. The maximum atomic E-state index is 12.4. The van der Waals surface area contributed by atoms with Gasteiger partial charge in [-0.25, -0.2) is 0 Å². The van der Waals surface area contributed by atoms with Crippen LogP contribution in [0.1, 0.15) is 33.6 Å². The molecule has 2 amide bonds. The van der Waals surface area contributed by atoms with E-state index in [4.69, 9.17) is 4.74 Å². The first-order chi connectivity index (χ1) is 17.0. The van der Waals surface area contributed by atoms with Crippen molar-refractivity contribution in [3.05, 3.63) is 89.3 Å². The molecule has 180 valence electrons. The second-order valence-corrected chi connectivity index (χ2v) is 8.77. The van der Waals surface area contributed by atoms with Gasteiger partial charge < -0.3 is 20.3 Å². The molecule has 0 bridgehead atoms. The van der Waals surface area contributed by atoms with Crippen LogP contribution in [0.2, 0.25) is 0 Å². The van der Waals surface area contributed by atoms with Crippen LogP contribution in [-0.4, -0.2) is 48.9 Å². The standard InChI is InChI=1S/C28H30N4O3/c1-32(2)16-15-30-28(34)26-19-25(13-14-29-26)35-24-8-3-5-20(17-24)9-12-27(33)31-23-11-10-21-6-4-7-22(21)18-23/h3,5,8-14,17-19H,4,6-7,15-16H2,1-2H3,(H,30,34)(H,31,33). The van der Waals surface area contributed by atoms with Gasteiger partial charge in [0.15, 0.2) is 0 Å². The van der Waals surface area contributed by atoms with E-state index in [0.717, 1.165) is 30.6 Å². The Labute approximate surface area is 205 Å². The van der Waals surface area contributed by atoms with Crippen molar-refractivity contribution in [1.29, 1.82) is 0 Å². The lowest BCUT2D eigenvalue weighted by Crippen LogP contribution is -2.31. The highest BCUT2D eigenvalue weighted by molar-refractivity contribution is 6.02. The molecule has 0 fully saturated rings. The average Bonchev–Trinajstić information content (AvgIpc) is 3.31. The molecule has 0 atom stereocenters. The molecule has 0 unspecified atom stereocenters. The quantitative estimate of drug-likeness (QED) is 0.456. The summed E-state index contributed by atoms with van der Waals surface area (Å²) in [6, 6.07) is 16.8. The van der Waals surface area contributed by atoms with Gasteiger partial charge >= 0.3 is 0 Å². The number of ether oxygens (including phenoxy) is 1. The smallest absolute Gasteiger partial charge is 0.270 e. The highest BCUT2D eigenvalue weighted by atomic mass is 16.5. The van der Waals surface area contributed by atoms with Crippen LogP contribution in [0.5, 0.6) is 11.5 Å². The molecule has 0 saturated carbocycles. The predicted molar refractivity (Wildman–Crippen MR) is 138 cm³/mol. The maximum absolute atomic E-state index is 12.4. The van der Waals surface area contributed by atoms with E-state index in [1.54, 1.807) is 24.4 Å². The van der Waals surface area contributed by atoms with Gasteiger partial charge in [-0.1, -0.05) is 18.2 Å². The number of pyridine rings is 1. The number of carbonyl (C=O) groups excluding carboxylic acids is 2. The molecule has 7 nitrogen and oxygen atoms in total. The van der Waals surface area contributed by atoms with E-state index >= 15 is 0 Å². The first kappa shape index (κ1) is 24.2. The Bertz CT molecular complexity index is 1240. The van der Waals surface area contributed by atoms with Crippen molar-refractivity contribution in [3.8, 4) is 11.5 Å². The summed E-state index contributed by atoms with van der Waals surface area (Å²) in [5.74, 6) is 0.668. The van der Waals surface area contributed by atoms with Gasteiger partial charge in [0, 0.05) is 37.1 Å². The van der Waals surface area contributed by atoms with Gasteiger partial charge in [0.25, 0.3) is 5.91 Å². The van der Waals surface area contributed by atoms with Gasteiger partial charge in [-0.15, -0.1) is 0 Å². The number of aryl methyl sites for hydroxylation is 2. The Hall–Kier alpha value is -3.97. The number of nitrogens with zero attached hydrogens (tertiary/aromatic N) is 2. The van der Waals surface area contributed by atoms with Crippen LogP contribution in [0.25, 0.3) is 6.08 Å². The minimum Gasteiger partial charge on any atom is -0.457 e. The Morgan fingerprint density at radius 1 is 1.03 bits per heavy atom. The lowest BCUT2D eigenvalue weighted by atomic mass is 10.1. The zero-order valence-corrected chi connectivity index (χ0v) is 20.1. The monoisotopic (exact) mass is 470 g/mol. The fourth-order valence-electron chi connectivity index (χ4n) is 3.91. The molecule has 2 N–H and O–H groups in total. The zero-order valence-electron chi connectivity index (χ0n) is 20.1. The van der Waals surface area contributed by atoms with Crippen LogP contribution >= 0.6 is 0 Å². The molecule has 2 aromatic carbocycles. The van der Waals surface area contributed by atoms with E-state index < -0.39 is 0 Å². The first-order valence-corrected chi connectivity index (χ1v) is 11.7. The number of anilines is 1. The molecule has 1 aliphatic rings. The van der Waals surface area contributed by atoms with E-state index in [1.807, 2.05) is 49.3 Å². The van der Waals surface area contributed by atoms with Crippen molar-refractivity contribution in [2.45, 2.75) is 19.3 Å². The normalized spacial score (nSPS) is 12.5. The second-order valence-electron chi connectivity index (χ2n) is 8.77. The number of amides is 2. The largest absolute Gasteiger partial charge is 0.457 e. The third-order valence-corrected chi connectivity index (χ3v) is 5.70. The first-order valence-electron chi connectivity index (χ1n) is 11.7. The molecule has 4 rings (SSSR count). The molecular formula is C28H30N4O3. The molecule has 0 radical (unpaired) electrons. The summed E-state index contributed by atoms with van der Waals surface area (Å²) in [7, 11) is 3.89. The summed E-state index contributed by atoms with van der Waals surface area (Å²) >= 11 is 0. The summed E-state index contributed by atoms with van der Waals surface area (Å²) in [5, 5.41) is 5.77. The number of carbonyl (C=O) groups is 2. The van der Waals surface area contributed by atoms with Crippen LogP contribution < -0.4 is 15.4 Å². The van der Waals surface area contributed by atoms with Crippen molar-refractivity contribution < 1.29 is 14.3 Å². The van der Waals surface area contributed by atoms with Crippen LogP contribution in [0.4, 0.5) is 5.69 Å². The Morgan fingerprint density at radius 3 is 2.71 bits per heavy atom. The molecule has 1 heterocycles. The number of hydrogen-bond acceptors (Lipinski definition) is 5. The number of nitrogens with one attached hydrogen (secondary N) is 2.